The Morgan fingerprint density at radius 1 is 1.18 bits per heavy atom. The number of nitrogens with one attached hydrogen (secondary N) is 1. The molecule has 0 atom stereocenters. The van der Waals surface area contributed by atoms with Gasteiger partial charge in [-0.25, -0.2) is 0 Å². The Labute approximate surface area is 111 Å². The van der Waals surface area contributed by atoms with Crippen LogP contribution in [0.1, 0.15) is 51.5 Å². The van der Waals surface area contributed by atoms with E-state index < -0.39 is 0 Å². The quantitative estimate of drug-likeness (QED) is 0.689. The molecule has 0 unspecified atom stereocenters. The summed E-state index contributed by atoms with van der Waals surface area (Å²) in [4.78, 5) is 0. The van der Waals surface area contributed by atoms with Crippen molar-refractivity contribution in [1.29, 1.82) is 0 Å². The first-order valence-corrected chi connectivity index (χ1v) is 6.58. The molecule has 1 aromatic heterocycles. The van der Waals surface area contributed by atoms with E-state index >= 15 is 0 Å². The third-order valence-corrected chi connectivity index (χ3v) is 2.68. The second-order valence-electron chi connectivity index (χ2n) is 4.35. The van der Waals surface area contributed by atoms with E-state index in [0.717, 1.165) is 26.1 Å². The van der Waals surface area contributed by atoms with E-state index in [4.69, 9.17) is 0 Å². The molecule has 0 spiro atoms. The molecule has 3 nitrogen and oxygen atoms in total. The van der Waals surface area contributed by atoms with Gasteiger partial charge in [0.25, 0.3) is 0 Å². The normalized spacial score (nSPS) is 10.2. The lowest BCUT2D eigenvalue weighted by Gasteiger charge is -2.02. The monoisotopic (exact) mass is 259 g/mol. The minimum absolute atomic E-state index is 0. The van der Waals surface area contributed by atoms with Crippen LogP contribution in [-0.2, 0) is 13.1 Å². The molecule has 17 heavy (non-hydrogen) atoms. The number of hydrogen-bond donors (Lipinski definition) is 1. The zero-order valence-corrected chi connectivity index (χ0v) is 11.9. The summed E-state index contributed by atoms with van der Waals surface area (Å²) in [7, 11) is 0. The summed E-state index contributed by atoms with van der Waals surface area (Å²) >= 11 is 0. The van der Waals surface area contributed by atoms with Crippen molar-refractivity contribution < 1.29 is 0 Å². The van der Waals surface area contributed by atoms with Gasteiger partial charge >= 0.3 is 0 Å². The molecule has 0 radical (unpaired) electrons. The van der Waals surface area contributed by atoms with Gasteiger partial charge in [0, 0.05) is 24.8 Å². The SMILES string of the molecule is CCCCCCNCc1cnn(CCC)c1.Cl. The lowest BCUT2D eigenvalue weighted by atomic mass is 10.2. The van der Waals surface area contributed by atoms with Crippen LogP contribution in [0, 0.1) is 0 Å². The number of halogens is 1. The van der Waals surface area contributed by atoms with Crippen LogP contribution < -0.4 is 5.32 Å². The van der Waals surface area contributed by atoms with Crippen LogP contribution in [0.25, 0.3) is 0 Å². The second kappa shape index (κ2) is 10.6. The molecule has 100 valence electrons. The summed E-state index contributed by atoms with van der Waals surface area (Å²) in [5, 5.41) is 7.77. The number of aryl methyl sites for hydroxylation is 1. The average Bonchev–Trinajstić information content (AvgIpc) is 2.72. The van der Waals surface area contributed by atoms with Gasteiger partial charge in [-0.05, 0) is 19.4 Å². The van der Waals surface area contributed by atoms with Crippen molar-refractivity contribution >= 4 is 12.4 Å². The van der Waals surface area contributed by atoms with Crippen LogP contribution in [0.4, 0.5) is 0 Å². The van der Waals surface area contributed by atoms with Crippen molar-refractivity contribution in [2.24, 2.45) is 0 Å². The van der Waals surface area contributed by atoms with Gasteiger partial charge in [-0.2, -0.15) is 5.10 Å². The molecule has 1 aromatic rings. The summed E-state index contributed by atoms with van der Waals surface area (Å²) < 4.78 is 2.02. The Morgan fingerprint density at radius 3 is 2.71 bits per heavy atom. The van der Waals surface area contributed by atoms with E-state index in [-0.39, 0.29) is 12.4 Å². The Kier molecular flexibility index (Phi) is 10.3. The highest BCUT2D eigenvalue weighted by Crippen LogP contribution is 2.00. The summed E-state index contributed by atoms with van der Waals surface area (Å²) in [6, 6.07) is 0. The molecule has 0 saturated heterocycles. The van der Waals surface area contributed by atoms with Gasteiger partial charge in [-0.15, -0.1) is 12.4 Å². The van der Waals surface area contributed by atoms with Crippen LogP contribution in [0.3, 0.4) is 0 Å². The van der Waals surface area contributed by atoms with Crippen molar-refractivity contribution in [1.82, 2.24) is 15.1 Å². The summed E-state index contributed by atoms with van der Waals surface area (Å²) in [5.41, 5.74) is 1.30. The van der Waals surface area contributed by atoms with Gasteiger partial charge in [0.2, 0.25) is 0 Å². The minimum Gasteiger partial charge on any atom is -0.313 e. The molecular formula is C13H26ClN3. The van der Waals surface area contributed by atoms with Crippen LogP contribution >= 0.6 is 12.4 Å². The molecule has 0 aromatic carbocycles. The number of aromatic nitrogens is 2. The number of nitrogens with zero attached hydrogens (tertiary/aromatic N) is 2. The molecular weight excluding hydrogens is 234 g/mol. The molecule has 0 aliphatic heterocycles. The molecule has 4 heteroatoms. The first kappa shape index (κ1) is 16.5. The van der Waals surface area contributed by atoms with Crippen molar-refractivity contribution in [2.45, 2.75) is 59.0 Å². The van der Waals surface area contributed by atoms with Crippen LogP contribution in [-0.4, -0.2) is 16.3 Å². The van der Waals surface area contributed by atoms with Gasteiger partial charge in [0.1, 0.15) is 0 Å². The van der Waals surface area contributed by atoms with Crippen LogP contribution in [0.15, 0.2) is 12.4 Å². The van der Waals surface area contributed by atoms with Crippen molar-refractivity contribution in [3.63, 3.8) is 0 Å². The first-order chi connectivity index (χ1) is 7.86. The van der Waals surface area contributed by atoms with E-state index in [1.807, 2.05) is 10.9 Å². The molecule has 0 aliphatic rings. The Hall–Kier alpha value is -0.540. The highest BCUT2D eigenvalue weighted by Gasteiger charge is 1.97. The molecule has 0 fully saturated rings. The van der Waals surface area contributed by atoms with Crippen molar-refractivity contribution in [3.8, 4) is 0 Å². The van der Waals surface area contributed by atoms with Gasteiger partial charge in [0.05, 0.1) is 6.20 Å². The summed E-state index contributed by atoms with van der Waals surface area (Å²) in [6.45, 7) is 7.52. The Morgan fingerprint density at radius 2 is 2.00 bits per heavy atom. The predicted octanol–water partition coefficient (Wildman–Crippen LogP) is 3.38. The third-order valence-electron chi connectivity index (χ3n) is 2.68. The van der Waals surface area contributed by atoms with Gasteiger partial charge in [0.15, 0.2) is 0 Å². The molecule has 0 bridgehead atoms. The van der Waals surface area contributed by atoms with Crippen LogP contribution in [0.5, 0.6) is 0 Å². The first-order valence-electron chi connectivity index (χ1n) is 6.58. The average molecular weight is 260 g/mol. The highest BCUT2D eigenvalue weighted by atomic mass is 35.5. The maximum absolute atomic E-state index is 4.31. The minimum atomic E-state index is 0. The van der Waals surface area contributed by atoms with Crippen molar-refractivity contribution in [2.75, 3.05) is 6.54 Å². The summed E-state index contributed by atoms with van der Waals surface area (Å²) in [6.07, 6.45) is 10.6. The molecule has 0 aliphatic carbocycles. The largest absolute Gasteiger partial charge is 0.313 e. The predicted molar refractivity (Wildman–Crippen MR) is 75.6 cm³/mol. The number of unbranched alkanes of at least 4 members (excludes halogenated alkanes) is 3. The molecule has 0 amide bonds. The smallest absolute Gasteiger partial charge is 0.0534 e. The van der Waals surface area contributed by atoms with Gasteiger partial charge in [-0.3, -0.25) is 4.68 Å². The van der Waals surface area contributed by atoms with Crippen molar-refractivity contribution in [3.05, 3.63) is 18.0 Å². The van der Waals surface area contributed by atoms with E-state index in [1.54, 1.807) is 0 Å². The van der Waals surface area contributed by atoms with E-state index in [0.29, 0.717) is 0 Å². The zero-order valence-electron chi connectivity index (χ0n) is 11.1. The maximum atomic E-state index is 4.31. The maximum Gasteiger partial charge on any atom is 0.0534 e. The lowest BCUT2D eigenvalue weighted by molar-refractivity contribution is 0.592. The summed E-state index contributed by atoms with van der Waals surface area (Å²) in [5.74, 6) is 0. The van der Waals surface area contributed by atoms with E-state index in [2.05, 4.69) is 30.5 Å². The number of hydrogen-bond acceptors (Lipinski definition) is 2. The molecule has 1 N–H and O–H groups in total. The van der Waals surface area contributed by atoms with E-state index in [9.17, 15) is 0 Å². The van der Waals surface area contributed by atoms with Gasteiger partial charge in [-0.1, -0.05) is 33.1 Å². The molecule has 0 saturated carbocycles. The van der Waals surface area contributed by atoms with Crippen LogP contribution in [0.2, 0.25) is 0 Å². The Bertz CT molecular complexity index is 273. The highest BCUT2D eigenvalue weighted by molar-refractivity contribution is 5.85. The second-order valence-corrected chi connectivity index (χ2v) is 4.35. The Balaban J connectivity index is 0.00000256. The third kappa shape index (κ3) is 7.40. The van der Waals surface area contributed by atoms with E-state index in [1.165, 1.54) is 31.2 Å². The standard InChI is InChI=1S/C13H25N3.ClH/c1-3-5-6-7-8-14-10-13-11-15-16(12-13)9-4-2;/h11-12,14H,3-10H2,1-2H3;1H. The lowest BCUT2D eigenvalue weighted by Crippen LogP contribution is -2.14. The molecule has 1 heterocycles. The fraction of sp³-hybridized carbons (Fsp3) is 0.769. The number of rotatable bonds is 9. The fourth-order valence-corrected chi connectivity index (χ4v) is 1.76. The fourth-order valence-electron chi connectivity index (χ4n) is 1.76. The topological polar surface area (TPSA) is 29.9 Å². The molecule has 1 rings (SSSR count). The van der Waals surface area contributed by atoms with Gasteiger partial charge < -0.3 is 5.32 Å². The zero-order chi connectivity index (χ0) is 11.6.